The molecule has 2 fully saturated rings. The molecule has 2 aliphatic rings. The lowest BCUT2D eigenvalue weighted by atomic mass is 9.60. The van der Waals surface area contributed by atoms with E-state index in [0.29, 0.717) is 35.7 Å². The molecule has 4 nitrogen and oxygen atoms in total. The van der Waals surface area contributed by atoms with Gasteiger partial charge in [0.2, 0.25) is 0 Å². The van der Waals surface area contributed by atoms with Crippen molar-refractivity contribution in [2.75, 3.05) is 0 Å². The van der Waals surface area contributed by atoms with Crippen LogP contribution in [0, 0.1) is 23.2 Å². The van der Waals surface area contributed by atoms with Gasteiger partial charge < -0.3 is 19.1 Å². The summed E-state index contributed by atoms with van der Waals surface area (Å²) in [6.07, 6.45) is 11.1. The van der Waals surface area contributed by atoms with Gasteiger partial charge in [-0.2, -0.15) is 0 Å². The number of fused-ring (bicyclic) bond motifs is 1. The molecule has 0 saturated heterocycles. The maximum atomic E-state index is 10.7. The van der Waals surface area contributed by atoms with Crippen molar-refractivity contribution in [1.29, 1.82) is 0 Å². The van der Waals surface area contributed by atoms with Crippen LogP contribution in [0.3, 0.4) is 0 Å². The molecule has 2 saturated carbocycles. The highest BCUT2D eigenvalue weighted by Gasteiger charge is 2.55. The SMILES string of the molecule is CC(C)(CCC[C@H](CC[C@@H](O)C(C)(C)O)[C@H]1CC[C@H]2[C@@H](O[Si](C)(C)C(C)(C)C)CCC[C@]12C)O[Si](C)(C)C. The van der Waals surface area contributed by atoms with Crippen molar-refractivity contribution in [2.45, 2.75) is 181 Å². The minimum atomic E-state index is -1.82. The summed E-state index contributed by atoms with van der Waals surface area (Å²) < 4.78 is 13.6. The van der Waals surface area contributed by atoms with Crippen molar-refractivity contribution in [2.24, 2.45) is 23.2 Å². The third-order valence-corrected chi connectivity index (χ3v) is 16.2. The molecule has 6 atom stereocenters. The minimum absolute atomic E-state index is 0.0866. The maximum Gasteiger partial charge on any atom is 0.192 e. The van der Waals surface area contributed by atoms with Crippen LogP contribution in [0.2, 0.25) is 37.8 Å². The van der Waals surface area contributed by atoms with E-state index < -0.39 is 28.3 Å². The molecule has 0 aromatic carbocycles. The van der Waals surface area contributed by atoms with Crippen LogP contribution < -0.4 is 0 Å². The van der Waals surface area contributed by atoms with Crippen LogP contribution in [-0.2, 0) is 8.85 Å². The molecule has 0 aliphatic heterocycles. The van der Waals surface area contributed by atoms with E-state index in [2.05, 4.69) is 74.3 Å². The fourth-order valence-electron chi connectivity index (χ4n) is 7.57. The number of hydrogen-bond donors (Lipinski definition) is 2. The summed E-state index contributed by atoms with van der Waals surface area (Å²) >= 11 is 0. The predicted molar refractivity (Wildman–Crippen MR) is 168 cm³/mol. The monoisotopic (exact) mass is 570 g/mol. The van der Waals surface area contributed by atoms with Gasteiger partial charge in [-0.05, 0) is 134 Å². The summed E-state index contributed by atoms with van der Waals surface area (Å²) in [5, 5.41) is 21.4. The van der Waals surface area contributed by atoms with Crippen molar-refractivity contribution in [3.63, 3.8) is 0 Å². The Balaban J connectivity index is 2.21. The van der Waals surface area contributed by atoms with E-state index in [1.807, 2.05) is 0 Å². The highest BCUT2D eigenvalue weighted by atomic mass is 28.4. The van der Waals surface area contributed by atoms with Gasteiger partial charge in [0.1, 0.15) is 0 Å². The Hall–Kier alpha value is 0.274. The third kappa shape index (κ3) is 9.14. The average molecular weight is 571 g/mol. The molecule has 0 bridgehead atoms. The summed E-state index contributed by atoms with van der Waals surface area (Å²) in [5.41, 5.74) is -0.830. The van der Waals surface area contributed by atoms with Crippen molar-refractivity contribution >= 4 is 16.6 Å². The summed E-state index contributed by atoms with van der Waals surface area (Å²) in [5.74, 6) is 1.87. The molecule has 0 radical (unpaired) electrons. The van der Waals surface area contributed by atoms with E-state index in [-0.39, 0.29) is 10.6 Å². The lowest BCUT2D eigenvalue weighted by Gasteiger charge is -2.50. The minimum Gasteiger partial charge on any atom is -0.414 e. The summed E-state index contributed by atoms with van der Waals surface area (Å²) in [6, 6.07) is 0. The van der Waals surface area contributed by atoms with Crippen molar-refractivity contribution in [3.8, 4) is 0 Å². The zero-order chi connectivity index (χ0) is 29.4. The third-order valence-electron chi connectivity index (χ3n) is 10.5. The molecule has 0 heterocycles. The fraction of sp³-hybridized carbons (Fsp3) is 1.00. The molecule has 0 amide bonds. The van der Waals surface area contributed by atoms with Gasteiger partial charge in [0.15, 0.2) is 16.6 Å². The molecular weight excluding hydrogens is 505 g/mol. The first-order valence-electron chi connectivity index (χ1n) is 15.8. The number of hydrogen-bond acceptors (Lipinski definition) is 4. The van der Waals surface area contributed by atoms with Gasteiger partial charge in [0.25, 0.3) is 0 Å². The van der Waals surface area contributed by atoms with E-state index >= 15 is 0 Å². The Labute approximate surface area is 239 Å². The Kier molecular flexibility index (Phi) is 11.1. The Morgan fingerprint density at radius 3 is 2.03 bits per heavy atom. The Bertz CT molecular complexity index is 746. The first-order valence-corrected chi connectivity index (χ1v) is 22.1. The second kappa shape index (κ2) is 12.3. The largest absolute Gasteiger partial charge is 0.414 e. The normalized spacial score (nSPS) is 29.3. The van der Waals surface area contributed by atoms with Crippen molar-refractivity contribution in [3.05, 3.63) is 0 Å². The molecule has 2 rings (SSSR count). The topological polar surface area (TPSA) is 58.9 Å². The molecule has 0 aromatic rings. The van der Waals surface area contributed by atoms with Crippen LogP contribution in [0.4, 0.5) is 0 Å². The van der Waals surface area contributed by atoms with E-state index in [4.69, 9.17) is 8.85 Å². The lowest BCUT2D eigenvalue weighted by Crippen LogP contribution is -2.50. The van der Waals surface area contributed by atoms with E-state index in [9.17, 15) is 10.2 Å². The van der Waals surface area contributed by atoms with Gasteiger partial charge >= 0.3 is 0 Å². The molecule has 6 heteroatoms. The van der Waals surface area contributed by atoms with Crippen LogP contribution in [0.15, 0.2) is 0 Å². The van der Waals surface area contributed by atoms with Gasteiger partial charge in [0, 0.05) is 6.10 Å². The Morgan fingerprint density at radius 1 is 0.895 bits per heavy atom. The molecule has 0 unspecified atom stereocenters. The molecule has 2 N–H and O–H groups in total. The zero-order valence-corrected chi connectivity index (χ0v) is 29.7. The second-order valence-corrected chi connectivity index (χ2v) is 26.2. The van der Waals surface area contributed by atoms with Gasteiger partial charge in [-0.15, -0.1) is 0 Å². The van der Waals surface area contributed by atoms with Crippen LogP contribution in [0.25, 0.3) is 0 Å². The summed E-state index contributed by atoms with van der Waals surface area (Å²) in [7, 11) is -3.41. The number of rotatable bonds is 13. The van der Waals surface area contributed by atoms with Gasteiger partial charge in [0.05, 0.1) is 17.3 Å². The zero-order valence-electron chi connectivity index (χ0n) is 27.7. The highest BCUT2D eigenvalue weighted by Crippen LogP contribution is 2.60. The van der Waals surface area contributed by atoms with E-state index in [0.717, 1.165) is 19.3 Å². The van der Waals surface area contributed by atoms with Crippen molar-refractivity contribution < 1.29 is 19.1 Å². The fourth-order valence-corrected chi connectivity index (χ4v) is 10.7. The number of aliphatic hydroxyl groups is 2. The maximum absolute atomic E-state index is 10.7. The van der Waals surface area contributed by atoms with Gasteiger partial charge in [-0.1, -0.05) is 47.0 Å². The first kappa shape index (κ1) is 34.5. The van der Waals surface area contributed by atoms with Crippen LogP contribution in [0.5, 0.6) is 0 Å². The van der Waals surface area contributed by atoms with E-state index in [1.165, 1.54) is 38.5 Å². The number of aliphatic hydroxyl groups excluding tert-OH is 1. The Morgan fingerprint density at radius 2 is 1.50 bits per heavy atom. The quantitative estimate of drug-likeness (QED) is 0.217. The smallest absolute Gasteiger partial charge is 0.192 e. The standard InChI is InChI=1S/C32H66O4Si2/c1-29(2,3)38(12,13)35-27-17-15-23-32(8)25(19-20-26(27)32)24(18-21-28(33)31(6,7)34)16-14-22-30(4,5)36-37(9,10)11/h24-28,33-34H,14-23H2,1-13H3/t24-,25-,26+,27+,28-,32-/m1/s1. The van der Waals surface area contributed by atoms with Gasteiger partial charge in [-0.3, -0.25) is 0 Å². The molecule has 2 aliphatic carbocycles. The molecule has 0 spiro atoms. The molecule has 0 aromatic heterocycles. The van der Waals surface area contributed by atoms with Crippen LogP contribution in [-0.4, -0.2) is 50.3 Å². The van der Waals surface area contributed by atoms with Crippen LogP contribution in [0.1, 0.15) is 120 Å². The van der Waals surface area contributed by atoms with Gasteiger partial charge in [-0.25, -0.2) is 0 Å². The summed E-state index contributed by atoms with van der Waals surface area (Å²) in [4.78, 5) is 0. The molecule has 226 valence electrons. The van der Waals surface area contributed by atoms with Crippen LogP contribution >= 0.6 is 0 Å². The average Bonchev–Trinajstić information content (AvgIpc) is 3.04. The summed E-state index contributed by atoms with van der Waals surface area (Å²) in [6.45, 7) is 29.3. The molecular formula is C32H66O4Si2. The lowest BCUT2D eigenvalue weighted by molar-refractivity contribution is -0.0592. The first-order chi connectivity index (χ1) is 17.0. The van der Waals surface area contributed by atoms with Crippen molar-refractivity contribution in [1.82, 2.24) is 0 Å². The highest BCUT2D eigenvalue weighted by molar-refractivity contribution is 6.74. The molecule has 38 heavy (non-hydrogen) atoms. The second-order valence-electron chi connectivity index (χ2n) is 17.0. The predicted octanol–water partition coefficient (Wildman–Crippen LogP) is 8.92. The van der Waals surface area contributed by atoms with E-state index in [1.54, 1.807) is 13.8 Å².